The van der Waals surface area contributed by atoms with Gasteiger partial charge in [0.1, 0.15) is 0 Å². The van der Waals surface area contributed by atoms with E-state index in [0.717, 1.165) is 11.1 Å². The molecule has 0 bridgehead atoms. The first-order valence-electron chi connectivity index (χ1n) is 7.51. The van der Waals surface area contributed by atoms with Crippen LogP contribution in [-0.2, 0) is 16.4 Å². The van der Waals surface area contributed by atoms with Crippen LogP contribution in [0.5, 0.6) is 0 Å². The van der Waals surface area contributed by atoms with Crippen LogP contribution < -0.4 is 10.6 Å². The first-order valence-corrected chi connectivity index (χ1v) is 9.71. The lowest BCUT2D eigenvalue weighted by Gasteiger charge is -2.26. The van der Waals surface area contributed by atoms with Crippen molar-refractivity contribution >= 4 is 33.2 Å². The van der Waals surface area contributed by atoms with Crippen molar-refractivity contribution in [3.05, 3.63) is 64.7 Å². The normalized spacial score (nSPS) is 16.2. The lowest BCUT2D eigenvalue weighted by Crippen LogP contribution is -2.34. The molecule has 2 amide bonds. The van der Waals surface area contributed by atoms with Crippen molar-refractivity contribution in [3.63, 3.8) is 0 Å². The highest BCUT2D eigenvalue weighted by molar-refractivity contribution is 7.92. The van der Waals surface area contributed by atoms with Gasteiger partial charge in [0, 0.05) is 23.2 Å². The second-order valence-corrected chi connectivity index (χ2v) is 8.42. The van der Waals surface area contributed by atoms with Gasteiger partial charge in [0.15, 0.2) is 9.84 Å². The van der Waals surface area contributed by atoms with Crippen molar-refractivity contribution in [2.45, 2.75) is 12.5 Å². The summed E-state index contributed by atoms with van der Waals surface area (Å²) in [5.74, 6) is 0.491. The second-order valence-electron chi connectivity index (χ2n) is 5.83. The van der Waals surface area contributed by atoms with Crippen LogP contribution in [0.25, 0.3) is 0 Å². The Bertz CT molecular complexity index is 821. The SMILES string of the molecule is O=C(NCc1ccc(Cl)cc1)Nc1ccc(C2CS(=O)(=O)C2)cc1. The Morgan fingerprint density at radius 2 is 1.67 bits per heavy atom. The van der Waals surface area contributed by atoms with Crippen LogP contribution in [0.4, 0.5) is 10.5 Å². The Balaban J connectivity index is 1.50. The number of halogens is 1. The summed E-state index contributed by atoms with van der Waals surface area (Å²) < 4.78 is 22.4. The Kier molecular flexibility index (Phi) is 4.78. The van der Waals surface area contributed by atoms with E-state index in [4.69, 9.17) is 11.6 Å². The molecule has 0 atom stereocenters. The van der Waals surface area contributed by atoms with Crippen LogP contribution in [0.1, 0.15) is 17.0 Å². The summed E-state index contributed by atoms with van der Waals surface area (Å²) in [7, 11) is -2.83. The van der Waals surface area contributed by atoms with Gasteiger partial charge in [-0.3, -0.25) is 0 Å². The molecule has 126 valence electrons. The standard InChI is InChI=1S/C17H17ClN2O3S/c18-15-5-1-12(2-6-15)9-19-17(21)20-16-7-3-13(4-8-16)14-10-24(22,23)11-14/h1-8,14H,9-11H2,(H2,19,20,21). The average molecular weight is 365 g/mol. The maximum Gasteiger partial charge on any atom is 0.319 e. The van der Waals surface area contributed by atoms with E-state index in [9.17, 15) is 13.2 Å². The number of benzene rings is 2. The third-order valence-electron chi connectivity index (χ3n) is 3.92. The van der Waals surface area contributed by atoms with E-state index in [1.165, 1.54) is 0 Å². The summed E-state index contributed by atoms with van der Waals surface area (Å²) in [5.41, 5.74) is 2.60. The zero-order valence-corrected chi connectivity index (χ0v) is 14.4. The number of sulfone groups is 1. The maximum atomic E-state index is 11.9. The third-order valence-corrected chi connectivity index (χ3v) is 5.99. The third kappa shape index (κ3) is 4.27. The molecule has 5 nitrogen and oxygen atoms in total. The fourth-order valence-corrected chi connectivity index (χ4v) is 4.19. The van der Waals surface area contributed by atoms with E-state index in [1.807, 2.05) is 24.3 Å². The van der Waals surface area contributed by atoms with Crippen LogP contribution in [-0.4, -0.2) is 26.0 Å². The fraction of sp³-hybridized carbons (Fsp3) is 0.235. The van der Waals surface area contributed by atoms with Crippen LogP contribution in [0.15, 0.2) is 48.5 Å². The number of amides is 2. The molecule has 0 radical (unpaired) electrons. The fourth-order valence-electron chi connectivity index (χ4n) is 2.56. The van der Waals surface area contributed by atoms with Gasteiger partial charge in [0.25, 0.3) is 0 Å². The van der Waals surface area contributed by atoms with Crippen molar-refractivity contribution in [2.75, 3.05) is 16.8 Å². The van der Waals surface area contributed by atoms with Gasteiger partial charge < -0.3 is 10.6 Å². The van der Waals surface area contributed by atoms with Crippen LogP contribution in [0.3, 0.4) is 0 Å². The number of hydrogen-bond acceptors (Lipinski definition) is 3. The van der Waals surface area contributed by atoms with E-state index in [-0.39, 0.29) is 23.5 Å². The molecule has 1 heterocycles. The van der Waals surface area contributed by atoms with E-state index >= 15 is 0 Å². The topological polar surface area (TPSA) is 75.3 Å². The smallest absolute Gasteiger partial charge is 0.319 e. The zero-order chi connectivity index (χ0) is 17.2. The lowest BCUT2D eigenvalue weighted by molar-refractivity contribution is 0.251. The zero-order valence-electron chi connectivity index (χ0n) is 12.8. The number of carbonyl (C=O) groups is 1. The van der Waals surface area contributed by atoms with E-state index in [0.29, 0.717) is 17.3 Å². The number of hydrogen-bond donors (Lipinski definition) is 2. The minimum Gasteiger partial charge on any atom is -0.334 e. The molecular weight excluding hydrogens is 348 g/mol. The molecule has 7 heteroatoms. The Morgan fingerprint density at radius 3 is 2.25 bits per heavy atom. The number of nitrogens with one attached hydrogen (secondary N) is 2. The van der Waals surface area contributed by atoms with Gasteiger partial charge in [0.2, 0.25) is 0 Å². The van der Waals surface area contributed by atoms with Gasteiger partial charge in [-0.25, -0.2) is 13.2 Å². The monoisotopic (exact) mass is 364 g/mol. The number of rotatable bonds is 4. The number of urea groups is 1. The molecule has 1 aliphatic rings. The molecular formula is C17H17ClN2O3S. The predicted octanol–water partition coefficient (Wildman–Crippen LogP) is 3.17. The molecule has 0 aromatic heterocycles. The molecule has 24 heavy (non-hydrogen) atoms. The van der Waals surface area contributed by atoms with E-state index in [1.54, 1.807) is 24.3 Å². The second kappa shape index (κ2) is 6.83. The van der Waals surface area contributed by atoms with Crippen LogP contribution >= 0.6 is 11.6 Å². The number of carbonyl (C=O) groups excluding carboxylic acids is 1. The molecule has 0 spiro atoms. The Morgan fingerprint density at radius 1 is 1.04 bits per heavy atom. The summed E-state index contributed by atoms with van der Waals surface area (Å²) in [6.45, 7) is 0.404. The van der Waals surface area contributed by atoms with Crippen molar-refractivity contribution in [2.24, 2.45) is 0 Å². The van der Waals surface area contributed by atoms with Gasteiger partial charge in [-0.15, -0.1) is 0 Å². The highest BCUT2D eigenvalue weighted by Gasteiger charge is 2.34. The molecule has 2 aromatic carbocycles. The van der Waals surface area contributed by atoms with Crippen molar-refractivity contribution in [3.8, 4) is 0 Å². The molecule has 3 rings (SSSR count). The van der Waals surface area contributed by atoms with Crippen molar-refractivity contribution < 1.29 is 13.2 Å². The summed E-state index contributed by atoms with van der Waals surface area (Å²) in [6.07, 6.45) is 0. The van der Waals surface area contributed by atoms with Gasteiger partial charge in [-0.1, -0.05) is 35.9 Å². The van der Waals surface area contributed by atoms with Gasteiger partial charge in [-0.05, 0) is 35.4 Å². The molecule has 1 saturated heterocycles. The molecule has 0 unspecified atom stereocenters. The summed E-state index contributed by atoms with van der Waals surface area (Å²) >= 11 is 5.81. The molecule has 2 aromatic rings. The highest BCUT2D eigenvalue weighted by Crippen LogP contribution is 2.29. The molecule has 0 aliphatic carbocycles. The Hall–Kier alpha value is -2.05. The van der Waals surface area contributed by atoms with Gasteiger partial charge >= 0.3 is 6.03 Å². The largest absolute Gasteiger partial charge is 0.334 e. The first-order chi connectivity index (χ1) is 11.4. The lowest BCUT2D eigenvalue weighted by atomic mass is 10.0. The van der Waals surface area contributed by atoms with Crippen molar-refractivity contribution in [1.29, 1.82) is 0 Å². The predicted molar refractivity (Wildman–Crippen MR) is 95.1 cm³/mol. The van der Waals surface area contributed by atoms with Crippen molar-refractivity contribution in [1.82, 2.24) is 5.32 Å². The highest BCUT2D eigenvalue weighted by atomic mass is 35.5. The molecule has 1 aliphatic heterocycles. The minimum atomic E-state index is -2.83. The Labute approximate surface area is 145 Å². The maximum absolute atomic E-state index is 11.9. The molecule has 2 N–H and O–H groups in total. The van der Waals surface area contributed by atoms with E-state index < -0.39 is 9.84 Å². The summed E-state index contributed by atoms with van der Waals surface area (Å²) in [6, 6.07) is 14.2. The van der Waals surface area contributed by atoms with Gasteiger partial charge in [0.05, 0.1) is 11.5 Å². The molecule has 0 saturated carbocycles. The number of anilines is 1. The minimum absolute atomic E-state index is 0.0720. The van der Waals surface area contributed by atoms with Crippen LogP contribution in [0.2, 0.25) is 5.02 Å². The quantitative estimate of drug-likeness (QED) is 0.874. The molecule has 1 fully saturated rings. The van der Waals surface area contributed by atoms with Gasteiger partial charge in [-0.2, -0.15) is 0 Å². The van der Waals surface area contributed by atoms with E-state index in [2.05, 4.69) is 10.6 Å². The summed E-state index contributed by atoms with van der Waals surface area (Å²) in [5, 5.41) is 6.17. The van der Waals surface area contributed by atoms with Crippen LogP contribution in [0, 0.1) is 0 Å². The average Bonchev–Trinajstić information content (AvgIpc) is 2.53. The first kappa shape index (κ1) is 16.8. The summed E-state index contributed by atoms with van der Waals surface area (Å²) in [4.78, 5) is 11.9.